The van der Waals surface area contributed by atoms with Gasteiger partial charge in [-0.1, -0.05) is 0 Å². The summed E-state index contributed by atoms with van der Waals surface area (Å²) in [6.07, 6.45) is 2.41. The van der Waals surface area contributed by atoms with E-state index in [1.165, 1.54) is 6.20 Å². The molecular weight excluding hydrogens is 158 g/mol. The van der Waals surface area contributed by atoms with Crippen LogP contribution in [0, 0.1) is 5.21 Å². The number of H-pyrrole nitrogens is 1. The Hall–Kier alpha value is -1.91. The maximum Gasteiger partial charge on any atom is 0.349 e. The summed E-state index contributed by atoms with van der Waals surface area (Å²) < 4.78 is 0.453. The Morgan fingerprint density at radius 2 is 2.42 bits per heavy atom. The van der Waals surface area contributed by atoms with Crippen LogP contribution in [0.4, 0.5) is 0 Å². The van der Waals surface area contributed by atoms with E-state index in [4.69, 9.17) is 0 Å². The Morgan fingerprint density at radius 1 is 1.58 bits per heavy atom. The molecule has 0 aromatic carbocycles. The van der Waals surface area contributed by atoms with Crippen molar-refractivity contribution in [2.75, 3.05) is 0 Å². The first-order valence-electron chi connectivity index (χ1n) is 3.34. The quantitative estimate of drug-likeness (QED) is 0.422. The second-order valence-electron chi connectivity index (χ2n) is 2.32. The third kappa shape index (κ3) is 0.914. The van der Waals surface area contributed by atoms with Gasteiger partial charge in [-0.2, -0.15) is 0 Å². The number of nitrogens with one attached hydrogen (secondary N) is 1. The number of pyridine rings is 1. The van der Waals surface area contributed by atoms with Crippen LogP contribution in [0.2, 0.25) is 0 Å². The van der Waals surface area contributed by atoms with Crippen molar-refractivity contribution < 1.29 is 4.73 Å². The number of hydrogen-bond acceptors (Lipinski definition) is 3. The summed E-state index contributed by atoms with van der Waals surface area (Å²) in [5, 5.41) is 11.0. The third-order valence-electron chi connectivity index (χ3n) is 1.49. The fourth-order valence-electron chi connectivity index (χ4n) is 1.00. The molecule has 0 aliphatic heterocycles. The molecule has 1 N–H and O–H groups in total. The molecule has 2 aromatic heterocycles. The minimum atomic E-state index is -0.425. The minimum Gasteiger partial charge on any atom is -0.710 e. The molecule has 0 unspecified atom stereocenters. The van der Waals surface area contributed by atoms with E-state index in [1.807, 2.05) is 0 Å². The van der Waals surface area contributed by atoms with Crippen molar-refractivity contribution >= 4 is 11.2 Å². The largest absolute Gasteiger partial charge is 0.710 e. The highest BCUT2D eigenvalue weighted by Crippen LogP contribution is 1.97. The van der Waals surface area contributed by atoms with Crippen LogP contribution >= 0.6 is 0 Å². The summed E-state index contributed by atoms with van der Waals surface area (Å²) in [7, 11) is 0. The standard InChI is InChI=1S/C7H5N3O2/c11-6-4-10(12)7-5(9-6)2-1-3-8-7/h1-4H,(H,9,11). The Balaban J connectivity index is 2.99. The molecule has 0 spiro atoms. The summed E-state index contributed by atoms with van der Waals surface area (Å²) in [6.45, 7) is 0. The predicted molar refractivity (Wildman–Crippen MR) is 41.3 cm³/mol. The predicted octanol–water partition coefficient (Wildman–Crippen LogP) is -0.444. The Bertz CT molecular complexity index is 477. The van der Waals surface area contributed by atoms with Crippen molar-refractivity contribution in [2.24, 2.45) is 0 Å². The SMILES string of the molecule is O=c1c[n+]([O-])c2ncccc2[nH]1. The first-order chi connectivity index (χ1) is 5.77. The first kappa shape index (κ1) is 6.78. The molecule has 12 heavy (non-hydrogen) atoms. The highest BCUT2D eigenvalue weighted by Gasteiger charge is 2.03. The van der Waals surface area contributed by atoms with Gasteiger partial charge < -0.3 is 10.2 Å². The van der Waals surface area contributed by atoms with E-state index >= 15 is 0 Å². The van der Waals surface area contributed by atoms with Gasteiger partial charge in [0.2, 0.25) is 0 Å². The Morgan fingerprint density at radius 3 is 3.25 bits per heavy atom. The van der Waals surface area contributed by atoms with E-state index < -0.39 is 5.56 Å². The van der Waals surface area contributed by atoms with E-state index in [1.54, 1.807) is 12.1 Å². The molecule has 60 valence electrons. The molecule has 0 atom stereocenters. The molecule has 0 amide bonds. The topological polar surface area (TPSA) is 72.7 Å². The Labute approximate surface area is 66.9 Å². The number of rotatable bonds is 0. The lowest BCUT2D eigenvalue weighted by Crippen LogP contribution is -2.33. The molecule has 0 aliphatic carbocycles. The van der Waals surface area contributed by atoms with Crippen LogP contribution in [0.25, 0.3) is 11.2 Å². The van der Waals surface area contributed by atoms with E-state index in [0.717, 1.165) is 6.20 Å². The second-order valence-corrected chi connectivity index (χ2v) is 2.32. The molecular formula is C7H5N3O2. The summed E-state index contributed by atoms with van der Waals surface area (Å²) in [5.74, 6) is 0. The smallest absolute Gasteiger partial charge is 0.349 e. The summed E-state index contributed by atoms with van der Waals surface area (Å²) >= 11 is 0. The van der Waals surface area contributed by atoms with Crippen LogP contribution in [-0.2, 0) is 0 Å². The molecule has 0 aliphatic rings. The average Bonchev–Trinajstić information content (AvgIpc) is 2.04. The number of aromatic amines is 1. The molecule has 2 rings (SSSR count). The van der Waals surface area contributed by atoms with Gasteiger partial charge in [0.15, 0.2) is 6.20 Å². The monoisotopic (exact) mass is 163 g/mol. The number of aromatic nitrogens is 3. The van der Waals surface area contributed by atoms with Gasteiger partial charge in [-0.05, 0) is 17.1 Å². The van der Waals surface area contributed by atoms with Gasteiger partial charge >= 0.3 is 5.65 Å². The van der Waals surface area contributed by atoms with Crippen molar-refractivity contribution in [1.82, 2.24) is 9.97 Å². The van der Waals surface area contributed by atoms with Gasteiger partial charge in [0.25, 0.3) is 5.56 Å². The molecule has 2 aromatic rings. The van der Waals surface area contributed by atoms with Gasteiger partial charge in [0, 0.05) is 0 Å². The number of fused-ring (bicyclic) bond motifs is 1. The normalized spacial score (nSPS) is 10.3. The van der Waals surface area contributed by atoms with Crippen molar-refractivity contribution in [3.05, 3.63) is 40.1 Å². The summed E-state index contributed by atoms with van der Waals surface area (Å²) in [5.41, 5.74) is 0.239. The van der Waals surface area contributed by atoms with Crippen LogP contribution in [0.5, 0.6) is 0 Å². The molecule has 5 nitrogen and oxygen atoms in total. The van der Waals surface area contributed by atoms with Gasteiger partial charge in [0.05, 0.1) is 0 Å². The van der Waals surface area contributed by atoms with E-state index in [9.17, 15) is 10.0 Å². The van der Waals surface area contributed by atoms with E-state index in [0.29, 0.717) is 10.2 Å². The number of hydrogen-bond donors (Lipinski definition) is 1. The van der Waals surface area contributed by atoms with Gasteiger partial charge in [-0.3, -0.25) is 4.79 Å². The summed E-state index contributed by atoms with van der Waals surface area (Å²) in [4.78, 5) is 17.1. The Kier molecular flexibility index (Phi) is 1.30. The molecule has 2 heterocycles. The van der Waals surface area contributed by atoms with Crippen LogP contribution in [0.3, 0.4) is 0 Å². The van der Waals surface area contributed by atoms with Gasteiger partial charge in [-0.15, -0.1) is 0 Å². The van der Waals surface area contributed by atoms with Crippen molar-refractivity contribution in [3.63, 3.8) is 0 Å². The fourth-order valence-corrected chi connectivity index (χ4v) is 1.00. The van der Waals surface area contributed by atoms with Crippen LogP contribution < -0.4 is 10.3 Å². The van der Waals surface area contributed by atoms with Crippen molar-refractivity contribution in [2.45, 2.75) is 0 Å². The zero-order chi connectivity index (χ0) is 8.55. The molecule has 0 radical (unpaired) electrons. The molecule has 0 saturated carbocycles. The number of nitrogens with zero attached hydrogens (tertiary/aromatic N) is 2. The lowest BCUT2D eigenvalue weighted by Gasteiger charge is -2.00. The van der Waals surface area contributed by atoms with Crippen LogP contribution in [0.1, 0.15) is 0 Å². The molecule has 0 saturated heterocycles. The van der Waals surface area contributed by atoms with Crippen LogP contribution in [-0.4, -0.2) is 9.97 Å². The van der Waals surface area contributed by atoms with Crippen molar-refractivity contribution in [3.8, 4) is 0 Å². The minimum absolute atomic E-state index is 0.220. The zero-order valence-corrected chi connectivity index (χ0v) is 6.02. The van der Waals surface area contributed by atoms with E-state index in [-0.39, 0.29) is 5.65 Å². The van der Waals surface area contributed by atoms with Crippen molar-refractivity contribution in [1.29, 1.82) is 0 Å². The van der Waals surface area contributed by atoms with Gasteiger partial charge in [-0.25, -0.2) is 4.73 Å². The lowest BCUT2D eigenvalue weighted by molar-refractivity contribution is -0.580. The zero-order valence-electron chi connectivity index (χ0n) is 6.02. The third-order valence-corrected chi connectivity index (χ3v) is 1.49. The lowest BCUT2D eigenvalue weighted by atomic mass is 10.4. The second kappa shape index (κ2) is 2.30. The first-order valence-corrected chi connectivity index (χ1v) is 3.34. The molecule has 0 bridgehead atoms. The van der Waals surface area contributed by atoms with Crippen LogP contribution in [0.15, 0.2) is 29.3 Å². The average molecular weight is 163 g/mol. The fraction of sp³-hybridized carbons (Fsp3) is 0. The highest BCUT2D eigenvalue weighted by molar-refractivity contribution is 5.64. The highest BCUT2D eigenvalue weighted by atomic mass is 16.5. The summed E-state index contributed by atoms with van der Waals surface area (Å²) in [6, 6.07) is 3.27. The molecule has 0 fully saturated rings. The van der Waals surface area contributed by atoms with Gasteiger partial charge in [0.1, 0.15) is 11.7 Å². The molecule has 5 heteroatoms. The maximum atomic E-state index is 11.0. The van der Waals surface area contributed by atoms with E-state index in [2.05, 4.69) is 9.97 Å². The maximum absolute atomic E-state index is 11.0.